The third kappa shape index (κ3) is 2.32. The second-order valence-corrected chi connectivity index (χ2v) is 3.93. The number of halogens is 1. The van der Waals surface area contributed by atoms with Crippen molar-refractivity contribution in [2.45, 2.75) is 38.6 Å². The molecule has 0 aromatic rings. The average Bonchev–Trinajstić information content (AvgIpc) is 2.04. The molecule has 1 unspecified atom stereocenters. The monoisotopic (exact) mass is 267 g/mol. The van der Waals surface area contributed by atoms with Gasteiger partial charge in [-0.25, -0.2) is 0 Å². The number of rotatable bonds is 1. The van der Waals surface area contributed by atoms with Gasteiger partial charge < -0.3 is 4.90 Å². The van der Waals surface area contributed by atoms with E-state index in [4.69, 9.17) is 0 Å². The Balaban J connectivity index is 2.51. The van der Waals surface area contributed by atoms with E-state index in [9.17, 15) is 4.79 Å². The number of nitrogens with zero attached hydrogens (tertiary/aromatic N) is 1. The van der Waals surface area contributed by atoms with Crippen molar-refractivity contribution in [2.24, 2.45) is 0 Å². The summed E-state index contributed by atoms with van der Waals surface area (Å²) >= 11 is 1.89. The van der Waals surface area contributed by atoms with Crippen LogP contribution in [0.3, 0.4) is 0 Å². The van der Waals surface area contributed by atoms with Crippen LogP contribution in [0, 0.1) is 0 Å². The SMILES string of the molecule is CCC1CCCCN1C(=O)I. The van der Waals surface area contributed by atoms with Crippen LogP contribution in [-0.2, 0) is 0 Å². The van der Waals surface area contributed by atoms with Gasteiger partial charge in [0.15, 0.2) is 0 Å². The molecule has 0 N–H and O–H groups in total. The van der Waals surface area contributed by atoms with Crippen LogP contribution in [0.2, 0.25) is 0 Å². The maximum absolute atomic E-state index is 11.1. The molecular weight excluding hydrogens is 253 g/mol. The van der Waals surface area contributed by atoms with E-state index in [0.717, 1.165) is 13.0 Å². The van der Waals surface area contributed by atoms with Crippen molar-refractivity contribution in [2.75, 3.05) is 6.54 Å². The fourth-order valence-electron chi connectivity index (χ4n) is 1.66. The van der Waals surface area contributed by atoms with Crippen molar-refractivity contribution in [1.82, 2.24) is 4.90 Å². The van der Waals surface area contributed by atoms with Crippen LogP contribution in [0.15, 0.2) is 0 Å². The van der Waals surface area contributed by atoms with E-state index in [-0.39, 0.29) is 3.91 Å². The summed E-state index contributed by atoms with van der Waals surface area (Å²) < 4.78 is 0.217. The van der Waals surface area contributed by atoms with Crippen molar-refractivity contribution in [3.8, 4) is 0 Å². The van der Waals surface area contributed by atoms with Crippen LogP contribution >= 0.6 is 22.6 Å². The fourth-order valence-corrected chi connectivity index (χ4v) is 2.29. The van der Waals surface area contributed by atoms with E-state index in [1.807, 2.05) is 27.5 Å². The Labute approximate surface area is 81.5 Å². The Hall–Kier alpha value is 0.200. The molecule has 0 saturated carbocycles. The average molecular weight is 267 g/mol. The predicted octanol–water partition coefficient (Wildman–Crippen LogP) is 2.81. The third-order valence-corrected chi connectivity index (χ3v) is 2.94. The summed E-state index contributed by atoms with van der Waals surface area (Å²) in [5.41, 5.74) is 0. The first-order valence-corrected chi connectivity index (χ1v) is 5.29. The molecule has 2 nitrogen and oxygen atoms in total. The summed E-state index contributed by atoms with van der Waals surface area (Å²) in [6.45, 7) is 3.13. The van der Waals surface area contributed by atoms with Crippen LogP contribution in [-0.4, -0.2) is 21.4 Å². The van der Waals surface area contributed by atoms with Gasteiger partial charge in [-0.2, -0.15) is 0 Å². The summed E-state index contributed by atoms with van der Waals surface area (Å²) in [6, 6.07) is 0.521. The molecule has 0 aliphatic carbocycles. The summed E-state index contributed by atoms with van der Waals surface area (Å²) in [7, 11) is 0. The first-order valence-electron chi connectivity index (χ1n) is 4.21. The second-order valence-electron chi connectivity index (χ2n) is 3.00. The lowest BCUT2D eigenvalue weighted by Crippen LogP contribution is -2.40. The molecule has 1 amide bonds. The Morgan fingerprint density at radius 3 is 2.82 bits per heavy atom. The molecule has 64 valence electrons. The molecular formula is C8H14INO. The Kier molecular flexibility index (Phi) is 3.62. The van der Waals surface area contributed by atoms with Crippen molar-refractivity contribution >= 4 is 26.5 Å². The lowest BCUT2D eigenvalue weighted by atomic mass is 10.0. The summed E-state index contributed by atoms with van der Waals surface area (Å²) in [6.07, 6.45) is 4.78. The molecule has 0 spiro atoms. The van der Waals surface area contributed by atoms with E-state index >= 15 is 0 Å². The molecule has 11 heavy (non-hydrogen) atoms. The van der Waals surface area contributed by atoms with Gasteiger partial charge >= 0.3 is 0 Å². The highest BCUT2D eigenvalue weighted by molar-refractivity contribution is 14.1. The first-order chi connectivity index (χ1) is 5.25. The number of amides is 1. The zero-order valence-electron chi connectivity index (χ0n) is 6.85. The molecule has 3 heteroatoms. The van der Waals surface area contributed by atoms with Gasteiger partial charge in [0.05, 0.1) is 0 Å². The van der Waals surface area contributed by atoms with Gasteiger partial charge in [0.2, 0.25) is 0 Å². The number of hydrogen-bond donors (Lipinski definition) is 0. The molecule has 0 bridgehead atoms. The van der Waals surface area contributed by atoms with Gasteiger partial charge in [0.1, 0.15) is 0 Å². The quantitative estimate of drug-likeness (QED) is 0.406. The summed E-state index contributed by atoms with van der Waals surface area (Å²) in [4.78, 5) is 13.1. The Morgan fingerprint density at radius 1 is 1.64 bits per heavy atom. The lowest BCUT2D eigenvalue weighted by Gasteiger charge is -2.33. The lowest BCUT2D eigenvalue weighted by molar-refractivity contribution is 0.173. The van der Waals surface area contributed by atoms with Gasteiger partial charge in [0, 0.05) is 35.2 Å². The van der Waals surface area contributed by atoms with Gasteiger partial charge in [-0.15, -0.1) is 0 Å². The number of carbonyl (C=O) groups is 1. The minimum absolute atomic E-state index is 0.217. The van der Waals surface area contributed by atoms with Gasteiger partial charge in [-0.3, -0.25) is 4.79 Å². The maximum atomic E-state index is 11.1. The zero-order valence-corrected chi connectivity index (χ0v) is 9.00. The molecule has 0 aromatic heterocycles. The van der Waals surface area contributed by atoms with E-state index in [1.54, 1.807) is 0 Å². The normalized spacial score (nSPS) is 25.3. The second kappa shape index (κ2) is 4.28. The van der Waals surface area contributed by atoms with Crippen LogP contribution in [0.1, 0.15) is 32.6 Å². The highest BCUT2D eigenvalue weighted by atomic mass is 127. The Bertz CT molecular complexity index is 149. The van der Waals surface area contributed by atoms with E-state index < -0.39 is 0 Å². The molecule has 1 saturated heterocycles. The van der Waals surface area contributed by atoms with Crippen molar-refractivity contribution in [3.63, 3.8) is 0 Å². The van der Waals surface area contributed by atoms with Crippen LogP contribution in [0.5, 0.6) is 0 Å². The summed E-state index contributed by atoms with van der Waals surface area (Å²) in [5, 5.41) is 0. The molecule has 1 rings (SSSR count). The molecule has 0 aromatic carbocycles. The van der Waals surface area contributed by atoms with Crippen LogP contribution in [0.25, 0.3) is 0 Å². The van der Waals surface area contributed by atoms with Crippen LogP contribution in [0.4, 0.5) is 4.79 Å². The third-order valence-electron chi connectivity index (χ3n) is 2.32. The zero-order chi connectivity index (χ0) is 8.27. The minimum atomic E-state index is 0.217. The fraction of sp³-hybridized carbons (Fsp3) is 0.875. The van der Waals surface area contributed by atoms with Crippen LogP contribution < -0.4 is 0 Å². The van der Waals surface area contributed by atoms with Crippen molar-refractivity contribution in [1.29, 1.82) is 0 Å². The maximum Gasteiger partial charge on any atom is 0.283 e. The molecule has 0 radical (unpaired) electrons. The molecule has 1 aliphatic rings. The van der Waals surface area contributed by atoms with E-state index in [2.05, 4.69) is 6.92 Å². The highest BCUT2D eigenvalue weighted by Gasteiger charge is 2.22. The number of likely N-dealkylation sites (tertiary alicyclic amines) is 1. The van der Waals surface area contributed by atoms with E-state index in [0.29, 0.717) is 6.04 Å². The topological polar surface area (TPSA) is 20.3 Å². The minimum Gasteiger partial charge on any atom is -0.331 e. The van der Waals surface area contributed by atoms with E-state index in [1.165, 1.54) is 19.3 Å². The number of carbonyl (C=O) groups excluding carboxylic acids is 1. The predicted molar refractivity (Wildman–Crippen MR) is 54.1 cm³/mol. The first kappa shape index (κ1) is 9.29. The Morgan fingerprint density at radius 2 is 2.36 bits per heavy atom. The van der Waals surface area contributed by atoms with Crippen molar-refractivity contribution in [3.05, 3.63) is 0 Å². The van der Waals surface area contributed by atoms with Gasteiger partial charge in [-0.05, 0) is 25.7 Å². The standard InChI is InChI=1S/C8H14INO/c1-2-7-5-3-4-6-10(7)8(9)11/h7H,2-6H2,1H3. The molecule has 1 aliphatic heterocycles. The van der Waals surface area contributed by atoms with Gasteiger partial charge in [0.25, 0.3) is 3.91 Å². The highest BCUT2D eigenvalue weighted by Crippen LogP contribution is 2.21. The summed E-state index contributed by atoms with van der Waals surface area (Å²) in [5.74, 6) is 0. The van der Waals surface area contributed by atoms with Crippen molar-refractivity contribution < 1.29 is 4.79 Å². The number of hydrogen-bond acceptors (Lipinski definition) is 1. The number of piperidine rings is 1. The smallest absolute Gasteiger partial charge is 0.283 e. The molecule has 1 heterocycles. The van der Waals surface area contributed by atoms with Gasteiger partial charge in [-0.1, -0.05) is 6.92 Å². The molecule has 1 fully saturated rings. The molecule has 1 atom stereocenters. The largest absolute Gasteiger partial charge is 0.331 e.